The predicted octanol–water partition coefficient (Wildman–Crippen LogP) is 3.71. The SMILES string of the molecule is CC(CCNC(=O)c1ccc(-c2nnc3ncccn23)cc1)c1ccccc1. The lowest BCUT2D eigenvalue weighted by Crippen LogP contribution is -2.25. The first-order valence-corrected chi connectivity index (χ1v) is 9.32. The van der Waals surface area contributed by atoms with E-state index < -0.39 is 0 Å². The Kier molecular flexibility index (Phi) is 5.10. The van der Waals surface area contributed by atoms with E-state index >= 15 is 0 Å². The van der Waals surface area contributed by atoms with Crippen molar-refractivity contribution in [2.24, 2.45) is 0 Å². The van der Waals surface area contributed by atoms with Crippen LogP contribution in [0.2, 0.25) is 0 Å². The Hall–Kier alpha value is -3.54. The molecule has 4 rings (SSSR count). The summed E-state index contributed by atoms with van der Waals surface area (Å²) in [4.78, 5) is 16.6. The normalized spacial score (nSPS) is 12.0. The van der Waals surface area contributed by atoms with Crippen LogP contribution in [0.4, 0.5) is 0 Å². The zero-order valence-corrected chi connectivity index (χ0v) is 15.6. The molecule has 6 nitrogen and oxygen atoms in total. The molecule has 1 atom stereocenters. The summed E-state index contributed by atoms with van der Waals surface area (Å²) in [5, 5.41) is 11.2. The maximum atomic E-state index is 12.4. The predicted molar refractivity (Wildman–Crippen MR) is 108 cm³/mol. The third-order valence-electron chi connectivity index (χ3n) is 4.83. The number of aromatic nitrogens is 4. The molecule has 4 aromatic rings. The van der Waals surface area contributed by atoms with Crippen molar-refractivity contribution in [3.63, 3.8) is 0 Å². The number of benzene rings is 2. The lowest BCUT2D eigenvalue weighted by molar-refractivity contribution is 0.0952. The summed E-state index contributed by atoms with van der Waals surface area (Å²) < 4.78 is 1.82. The van der Waals surface area contributed by atoms with Gasteiger partial charge in [0.05, 0.1) is 0 Å². The van der Waals surface area contributed by atoms with Crippen LogP contribution in [0.15, 0.2) is 73.1 Å². The van der Waals surface area contributed by atoms with Crippen molar-refractivity contribution in [1.29, 1.82) is 0 Å². The summed E-state index contributed by atoms with van der Waals surface area (Å²) in [5.41, 5.74) is 2.80. The minimum absolute atomic E-state index is 0.0698. The fourth-order valence-corrected chi connectivity index (χ4v) is 3.16. The van der Waals surface area contributed by atoms with Crippen molar-refractivity contribution in [3.05, 3.63) is 84.2 Å². The highest BCUT2D eigenvalue weighted by atomic mass is 16.1. The summed E-state index contributed by atoms with van der Waals surface area (Å²) in [7, 11) is 0. The van der Waals surface area contributed by atoms with Crippen molar-refractivity contribution in [2.45, 2.75) is 19.3 Å². The van der Waals surface area contributed by atoms with Crippen molar-refractivity contribution in [2.75, 3.05) is 6.54 Å². The average Bonchev–Trinajstić information content (AvgIpc) is 3.18. The van der Waals surface area contributed by atoms with Crippen LogP contribution in [0.1, 0.15) is 35.2 Å². The fraction of sp³-hybridized carbons (Fsp3) is 0.182. The van der Waals surface area contributed by atoms with Crippen LogP contribution in [-0.4, -0.2) is 32.0 Å². The summed E-state index contributed by atoms with van der Waals surface area (Å²) in [6, 6.07) is 19.5. The molecule has 0 fully saturated rings. The quantitative estimate of drug-likeness (QED) is 0.561. The molecular weight excluding hydrogens is 350 g/mol. The Balaban J connectivity index is 1.38. The van der Waals surface area contributed by atoms with Gasteiger partial charge in [0.25, 0.3) is 11.7 Å². The standard InChI is InChI=1S/C22H21N5O/c1-16(17-6-3-2-4-7-17)12-14-23-21(28)19-10-8-18(9-11-19)20-25-26-22-24-13-5-15-27(20)22/h2-11,13,15-16H,12,14H2,1H3,(H,23,28). The number of hydrogen-bond donors (Lipinski definition) is 1. The molecule has 0 aliphatic carbocycles. The van der Waals surface area contributed by atoms with E-state index in [0.717, 1.165) is 12.0 Å². The lowest BCUT2D eigenvalue weighted by Gasteiger charge is -2.12. The van der Waals surface area contributed by atoms with Crippen LogP contribution in [-0.2, 0) is 0 Å². The monoisotopic (exact) mass is 371 g/mol. The molecule has 1 amide bonds. The highest BCUT2D eigenvalue weighted by Crippen LogP contribution is 2.19. The Morgan fingerprint density at radius 1 is 1.04 bits per heavy atom. The Morgan fingerprint density at radius 3 is 2.61 bits per heavy atom. The average molecular weight is 371 g/mol. The van der Waals surface area contributed by atoms with E-state index in [0.29, 0.717) is 29.6 Å². The number of fused-ring (bicyclic) bond motifs is 1. The molecule has 0 aliphatic rings. The van der Waals surface area contributed by atoms with E-state index in [1.807, 2.05) is 59.1 Å². The van der Waals surface area contributed by atoms with Crippen molar-refractivity contribution < 1.29 is 4.79 Å². The molecular formula is C22H21N5O. The zero-order chi connectivity index (χ0) is 19.3. The van der Waals surface area contributed by atoms with Gasteiger partial charge in [-0.05, 0) is 36.1 Å². The highest BCUT2D eigenvalue weighted by Gasteiger charge is 2.11. The van der Waals surface area contributed by atoms with Gasteiger partial charge >= 0.3 is 0 Å². The molecule has 2 aromatic carbocycles. The molecule has 140 valence electrons. The van der Waals surface area contributed by atoms with E-state index in [1.165, 1.54) is 5.56 Å². The maximum absolute atomic E-state index is 12.4. The zero-order valence-electron chi connectivity index (χ0n) is 15.6. The second-order valence-electron chi connectivity index (χ2n) is 6.75. The van der Waals surface area contributed by atoms with Gasteiger partial charge in [-0.1, -0.05) is 49.4 Å². The molecule has 0 spiro atoms. The van der Waals surface area contributed by atoms with E-state index in [9.17, 15) is 4.79 Å². The molecule has 1 unspecified atom stereocenters. The fourth-order valence-electron chi connectivity index (χ4n) is 3.16. The molecule has 2 heterocycles. The van der Waals surface area contributed by atoms with Crippen LogP contribution in [0, 0.1) is 0 Å². The molecule has 0 aliphatic heterocycles. The number of carbonyl (C=O) groups is 1. The highest BCUT2D eigenvalue weighted by molar-refractivity contribution is 5.94. The van der Waals surface area contributed by atoms with Crippen LogP contribution in [0.3, 0.4) is 0 Å². The van der Waals surface area contributed by atoms with Gasteiger partial charge < -0.3 is 5.32 Å². The molecule has 0 bridgehead atoms. The van der Waals surface area contributed by atoms with E-state index in [2.05, 4.69) is 39.6 Å². The van der Waals surface area contributed by atoms with E-state index in [-0.39, 0.29) is 5.91 Å². The first kappa shape index (κ1) is 17.9. The van der Waals surface area contributed by atoms with Crippen molar-refractivity contribution in [3.8, 4) is 11.4 Å². The third kappa shape index (κ3) is 3.76. The van der Waals surface area contributed by atoms with Crippen molar-refractivity contribution in [1.82, 2.24) is 24.9 Å². The van der Waals surface area contributed by atoms with Gasteiger partial charge in [0.15, 0.2) is 5.82 Å². The lowest BCUT2D eigenvalue weighted by atomic mass is 9.98. The van der Waals surface area contributed by atoms with Gasteiger partial charge in [0, 0.05) is 30.1 Å². The second-order valence-corrected chi connectivity index (χ2v) is 6.75. The van der Waals surface area contributed by atoms with Gasteiger partial charge in [0.1, 0.15) is 0 Å². The Bertz CT molecular complexity index is 1070. The summed E-state index contributed by atoms with van der Waals surface area (Å²) in [6.45, 7) is 2.81. The van der Waals surface area contributed by atoms with Gasteiger partial charge in [-0.3, -0.25) is 9.20 Å². The minimum Gasteiger partial charge on any atom is -0.352 e. The smallest absolute Gasteiger partial charge is 0.255 e. The minimum atomic E-state index is -0.0698. The summed E-state index contributed by atoms with van der Waals surface area (Å²) in [5.74, 6) is 1.58. The van der Waals surface area contributed by atoms with Crippen LogP contribution in [0.5, 0.6) is 0 Å². The first-order valence-electron chi connectivity index (χ1n) is 9.32. The van der Waals surface area contributed by atoms with Crippen LogP contribution >= 0.6 is 0 Å². The van der Waals surface area contributed by atoms with Gasteiger partial charge in [-0.15, -0.1) is 10.2 Å². The molecule has 0 saturated heterocycles. The largest absolute Gasteiger partial charge is 0.352 e. The second kappa shape index (κ2) is 8.00. The molecule has 0 saturated carbocycles. The van der Waals surface area contributed by atoms with E-state index in [4.69, 9.17) is 0 Å². The maximum Gasteiger partial charge on any atom is 0.255 e. The molecule has 2 aromatic heterocycles. The number of nitrogens with one attached hydrogen (secondary N) is 1. The molecule has 6 heteroatoms. The number of rotatable bonds is 6. The molecule has 0 radical (unpaired) electrons. The number of carbonyl (C=O) groups excluding carboxylic acids is 1. The Morgan fingerprint density at radius 2 is 1.82 bits per heavy atom. The number of nitrogens with zero attached hydrogens (tertiary/aromatic N) is 4. The summed E-state index contributed by atoms with van der Waals surface area (Å²) in [6.07, 6.45) is 4.44. The number of amides is 1. The third-order valence-corrected chi connectivity index (χ3v) is 4.83. The van der Waals surface area contributed by atoms with Crippen LogP contribution < -0.4 is 5.32 Å². The molecule has 1 N–H and O–H groups in total. The van der Waals surface area contributed by atoms with Gasteiger partial charge in [0.2, 0.25) is 0 Å². The summed E-state index contributed by atoms with van der Waals surface area (Å²) >= 11 is 0. The molecule has 28 heavy (non-hydrogen) atoms. The topological polar surface area (TPSA) is 72.2 Å². The van der Waals surface area contributed by atoms with Gasteiger partial charge in [-0.25, -0.2) is 4.98 Å². The van der Waals surface area contributed by atoms with Crippen LogP contribution in [0.25, 0.3) is 17.2 Å². The first-order chi connectivity index (χ1) is 13.7. The Labute approximate surface area is 163 Å². The van der Waals surface area contributed by atoms with Gasteiger partial charge in [-0.2, -0.15) is 0 Å². The number of hydrogen-bond acceptors (Lipinski definition) is 4. The van der Waals surface area contributed by atoms with Crippen molar-refractivity contribution >= 4 is 11.7 Å². The van der Waals surface area contributed by atoms with E-state index in [1.54, 1.807) is 6.20 Å².